The number of thioether (sulfide) groups is 1. The summed E-state index contributed by atoms with van der Waals surface area (Å²) in [6.45, 7) is 1.22. The van der Waals surface area contributed by atoms with Gasteiger partial charge in [-0.1, -0.05) is 0 Å². The highest BCUT2D eigenvalue weighted by Gasteiger charge is 2.49. The quantitative estimate of drug-likeness (QED) is 0.521. The third kappa shape index (κ3) is 0.590. The molecule has 0 saturated carbocycles. The molecular formula is C8H11NS. The summed E-state index contributed by atoms with van der Waals surface area (Å²) in [7, 11) is 0. The summed E-state index contributed by atoms with van der Waals surface area (Å²) < 4.78 is 0. The summed E-state index contributed by atoms with van der Waals surface area (Å²) in [5, 5.41) is 3.56. The van der Waals surface area contributed by atoms with Crippen LogP contribution in [0.2, 0.25) is 0 Å². The molecule has 3 rings (SSSR count). The Morgan fingerprint density at radius 3 is 3.50 bits per heavy atom. The average molecular weight is 153 g/mol. The van der Waals surface area contributed by atoms with Crippen molar-refractivity contribution in [3.8, 4) is 0 Å². The number of hydrogen-bond acceptors (Lipinski definition) is 2. The molecular weight excluding hydrogens is 142 g/mol. The Hall–Kier alpha value is 0.0500. The zero-order valence-electron chi connectivity index (χ0n) is 5.89. The molecule has 0 amide bonds. The maximum absolute atomic E-state index is 3.56. The van der Waals surface area contributed by atoms with Gasteiger partial charge in [0.2, 0.25) is 0 Å². The highest BCUT2D eigenvalue weighted by atomic mass is 32.2. The Morgan fingerprint density at radius 2 is 2.50 bits per heavy atom. The van der Waals surface area contributed by atoms with E-state index < -0.39 is 0 Å². The molecule has 0 spiro atoms. The lowest BCUT2D eigenvalue weighted by molar-refractivity contribution is 0.676. The van der Waals surface area contributed by atoms with Crippen LogP contribution in [0.3, 0.4) is 0 Å². The normalized spacial score (nSPS) is 43.2. The van der Waals surface area contributed by atoms with Gasteiger partial charge in [0.1, 0.15) is 0 Å². The maximum Gasteiger partial charge on any atom is 0.0505 e. The summed E-state index contributed by atoms with van der Waals surface area (Å²) in [6, 6.07) is 0.797. The zero-order chi connectivity index (χ0) is 6.55. The molecule has 1 N–H and O–H groups in total. The van der Waals surface area contributed by atoms with E-state index in [2.05, 4.69) is 17.1 Å². The Balaban J connectivity index is 1.78. The second kappa shape index (κ2) is 1.80. The van der Waals surface area contributed by atoms with Gasteiger partial charge in [-0.05, 0) is 23.5 Å². The van der Waals surface area contributed by atoms with E-state index in [1.807, 2.05) is 0 Å². The van der Waals surface area contributed by atoms with Gasteiger partial charge in [-0.25, -0.2) is 0 Å². The average Bonchev–Trinajstić information content (AvgIpc) is 2.43. The topological polar surface area (TPSA) is 12.0 Å². The van der Waals surface area contributed by atoms with Crippen molar-refractivity contribution in [2.45, 2.75) is 12.5 Å². The van der Waals surface area contributed by atoms with Crippen LogP contribution in [0.1, 0.15) is 6.42 Å². The summed E-state index contributed by atoms with van der Waals surface area (Å²) in [5.41, 5.74) is 3.54. The second-order valence-electron chi connectivity index (χ2n) is 3.34. The minimum absolute atomic E-state index is 0.797. The van der Waals surface area contributed by atoms with E-state index in [1.54, 1.807) is 11.1 Å². The summed E-state index contributed by atoms with van der Waals surface area (Å²) >= 11 is 2.11. The van der Waals surface area contributed by atoms with Gasteiger partial charge in [0.05, 0.1) is 6.04 Å². The lowest BCUT2D eigenvalue weighted by Crippen LogP contribution is -2.24. The van der Waals surface area contributed by atoms with Crippen LogP contribution in [0.25, 0.3) is 0 Å². The second-order valence-corrected chi connectivity index (χ2v) is 4.49. The zero-order valence-corrected chi connectivity index (χ0v) is 6.71. The van der Waals surface area contributed by atoms with Crippen LogP contribution in [-0.4, -0.2) is 24.1 Å². The van der Waals surface area contributed by atoms with E-state index in [0.29, 0.717) is 0 Å². The van der Waals surface area contributed by atoms with Gasteiger partial charge in [0, 0.05) is 18.1 Å². The minimum atomic E-state index is 0.797. The van der Waals surface area contributed by atoms with Crippen molar-refractivity contribution in [1.29, 1.82) is 0 Å². The molecule has 1 aliphatic heterocycles. The molecule has 2 heteroatoms. The molecule has 0 aromatic rings. The SMILES string of the molecule is C1CSCC2CC3=C2C3N1. The van der Waals surface area contributed by atoms with Crippen LogP contribution >= 0.6 is 11.8 Å². The van der Waals surface area contributed by atoms with Crippen molar-refractivity contribution in [2.24, 2.45) is 5.92 Å². The molecule has 10 heavy (non-hydrogen) atoms. The fourth-order valence-electron chi connectivity index (χ4n) is 2.15. The third-order valence-corrected chi connectivity index (χ3v) is 3.90. The number of nitrogens with one attached hydrogen (secondary N) is 1. The number of fused-ring (bicyclic) bond motifs is 1. The summed E-state index contributed by atoms with van der Waals surface area (Å²) in [4.78, 5) is 0. The Kier molecular flexibility index (Phi) is 1.02. The van der Waals surface area contributed by atoms with Crippen LogP contribution in [0.15, 0.2) is 11.1 Å². The Morgan fingerprint density at radius 1 is 1.50 bits per heavy atom. The van der Waals surface area contributed by atoms with E-state index in [9.17, 15) is 0 Å². The maximum atomic E-state index is 3.56. The smallest absolute Gasteiger partial charge is 0.0505 e. The van der Waals surface area contributed by atoms with Gasteiger partial charge < -0.3 is 5.32 Å². The fraction of sp³-hybridized carbons (Fsp3) is 0.750. The van der Waals surface area contributed by atoms with Crippen molar-refractivity contribution in [3.63, 3.8) is 0 Å². The van der Waals surface area contributed by atoms with Gasteiger partial charge >= 0.3 is 0 Å². The molecule has 2 atom stereocenters. The number of hydrogen-bond donors (Lipinski definition) is 1. The predicted molar refractivity (Wildman–Crippen MR) is 44.2 cm³/mol. The van der Waals surface area contributed by atoms with Gasteiger partial charge in [-0.2, -0.15) is 11.8 Å². The van der Waals surface area contributed by atoms with Gasteiger partial charge in [-0.3, -0.25) is 0 Å². The first-order valence-corrected chi connectivity index (χ1v) is 5.16. The molecule has 0 aromatic carbocycles. The summed E-state index contributed by atoms with van der Waals surface area (Å²) in [5.74, 6) is 3.70. The standard InChI is InChI=1S/C8H11NS/c1-2-10-4-5-3-6-7(5)8(6)9-1/h5,8-9H,1-4H2. The van der Waals surface area contributed by atoms with Gasteiger partial charge in [0.25, 0.3) is 0 Å². The molecule has 2 aliphatic carbocycles. The van der Waals surface area contributed by atoms with Crippen molar-refractivity contribution in [3.05, 3.63) is 11.1 Å². The van der Waals surface area contributed by atoms with Crippen LogP contribution in [0.4, 0.5) is 0 Å². The van der Waals surface area contributed by atoms with Crippen LogP contribution in [0, 0.1) is 5.92 Å². The third-order valence-electron chi connectivity index (χ3n) is 2.77. The Bertz CT molecular complexity index is 209. The molecule has 3 aliphatic rings. The van der Waals surface area contributed by atoms with E-state index in [4.69, 9.17) is 0 Å². The van der Waals surface area contributed by atoms with Crippen LogP contribution < -0.4 is 5.32 Å². The van der Waals surface area contributed by atoms with E-state index in [-0.39, 0.29) is 0 Å². The van der Waals surface area contributed by atoms with E-state index in [0.717, 1.165) is 12.0 Å². The van der Waals surface area contributed by atoms with Crippen molar-refractivity contribution in [1.82, 2.24) is 5.32 Å². The van der Waals surface area contributed by atoms with Gasteiger partial charge in [0.15, 0.2) is 0 Å². The molecule has 0 bridgehead atoms. The first-order chi connectivity index (χ1) is 4.97. The molecule has 1 fully saturated rings. The van der Waals surface area contributed by atoms with E-state index >= 15 is 0 Å². The largest absolute Gasteiger partial charge is 0.306 e. The highest BCUT2D eigenvalue weighted by molar-refractivity contribution is 7.99. The fourth-order valence-corrected chi connectivity index (χ4v) is 3.16. The lowest BCUT2D eigenvalue weighted by Gasteiger charge is -2.16. The molecule has 54 valence electrons. The van der Waals surface area contributed by atoms with Crippen molar-refractivity contribution in [2.75, 3.05) is 18.1 Å². The van der Waals surface area contributed by atoms with Crippen molar-refractivity contribution < 1.29 is 0 Å². The number of rotatable bonds is 0. The first kappa shape index (κ1) is 5.67. The Labute approximate surface area is 65.3 Å². The minimum Gasteiger partial charge on any atom is -0.306 e. The monoisotopic (exact) mass is 153 g/mol. The molecule has 2 unspecified atom stereocenters. The molecule has 0 radical (unpaired) electrons. The van der Waals surface area contributed by atoms with E-state index in [1.165, 1.54) is 24.5 Å². The molecule has 1 heterocycles. The summed E-state index contributed by atoms with van der Waals surface area (Å²) in [6.07, 6.45) is 1.42. The molecule has 1 nitrogen and oxygen atoms in total. The predicted octanol–water partition coefficient (Wildman–Crippen LogP) is 1.02. The van der Waals surface area contributed by atoms with Gasteiger partial charge in [-0.15, -0.1) is 0 Å². The molecule has 0 aromatic heterocycles. The molecule has 1 saturated heterocycles. The highest BCUT2D eigenvalue weighted by Crippen LogP contribution is 2.54. The lowest BCUT2D eigenvalue weighted by atomic mass is 9.98. The van der Waals surface area contributed by atoms with Crippen LogP contribution in [-0.2, 0) is 0 Å². The van der Waals surface area contributed by atoms with Crippen molar-refractivity contribution >= 4 is 11.8 Å². The van der Waals surface area contributed by atoms with Crippen LogP contribution in [0.5, 0.6) is 0 Å². The first-order valence-electron chi connectivity index (χ1n) is 4.01.